The van der Waals surface area contributed by atoms with Crippen LogP contribution in [-0.2, 0) is 6.42 Å². The van der Waals surface area contributed by atoms with E-state index in [2.05, 4.69) is 24.1 Å². The maximum Gasteiger partial charge on any atom is 0.180 e. The van der Waals surface area contributed by atoms with Crippen molar-refractivity contribution in [1.29, 1.82) is 0 Å². The Hall–Kier alpha value is -0.610. The molecule has 0 aliphatic rings. The molecule has 4 heteroatoms. The minimum absolute atomic E-state index is 0.613. The Morgan fingerprint density at radius 2 is 2.31 bits per heavy atom. The number of aromatic nitrogens is 1. The predicted molar refractivity (Wildman–Crippen MR) is 71.8 cm³/mol. The van der Waals surface area contributed by atoms with Crippen LogP contribution in [0.15, 0.2) is 5.38 Å². The molecule has 92 valence electrons. The van der Waals surface area contributed by atoms with Crippen molar-refractivity contribution in [1.82, 2.24) is 10.3 Å². The lowest BCUT2D eigenvalue weighted by Crippen LogP contribution is -2.28. The van der Waals surface area contributed by atoms with Gasteiger partial charge in [-0.2, -0.15) is 0 Å². The van der Waals surface area contributed by atoms with Crippen molar-refractivity contribution in [2.24, 2.45) is 0 Å². The molecule has 1 aromatic rings. The van der Waals surface area contributed by atoms with Crippen molar-refractivity contribution in [2.75, 3.05) is 12.3 Å². The zero-order valence-corrected chi connectivity index (χ0v) is 11.1. The molecule has 1 heterocycles. The number of unbranched alkanes of at least 4 members (excludes halogenated alkanes) is 2. The van der Waals surface area contributed by atoms with Gasteiger partial charge in [-0.25, -0.2) is 4.98 Å². The summed E-state index contributed by atoms with van der Waals surface area (Å²) in [7, 11) is 0. The summed E-state index contributed by atoms with van der Waals surface area (Å²) < 4.78 is 0. The Morgan fingerprint density at radius 3 is 2.94 bits per heavy atom. The molecule has 16 heavy (non-hydrogen) atoms. The van der Waals surface area contributed by atoms with Crippen LogP contribution in [0.5, 0.6) is 0 Å². The molecule has 0 bridgehead atoms. The second-order valence-electron chi connectivity index (χ2n) is 4.28. The first-order valence-electron chi connectivity index (χ1n) is 6.15. The first kappa shape index (κ1) is 13.5. The molecule has 0 saturated carbocycles. The molecule has 0 amide bonds. The summed E-state index contributed by atoms with van der Waals surface area (Å²) in [5.74, 6) is 0. The van der Waals surface area contributed by atoms with E-state index < -0.39 is 0 Å². The van der Waals surface area contributed by atoms with E-state index in [1.165, 1.54) is 37.0 Å². The summed E-state index contributed by atoms with van der Waals surface area (Å²) in [6.45, 7) is 5.49. The molecule has 0 spiro atoms. The zero-order valence-electron chi connectivity index (χ0n) is 10.3. The molecule has 3 N–H and O–H groups in total. The Balaban J connectivity index is 2.06. The Morgan fingerprint density at radius 1 is 1.50 bits per heavy atom. The fourth-order valence-corrected chi connectivity index (χ4v) is 2.28. The highest BCUT2D eigenvalue weighted by atomic mass is 32.1. The fraction of sp³-hybridized carbons (Fsp3) is 0.750. The van der Waals surface area contributed by atoms with Crippen molar-refractivity contribution in [3.05, 3.63) is 11.1 Å². The first-order chi connectivity index (χ1) is 7.72. The van der Waals surface area contributed by atoms with Crippen molar-refractivity contribution in [3.8, 4) is 0 Å². The second kappa shape index (κ2) is 7.63. The number of hydrogen-bond acceptors (Lipinski definition) is 4. The lowest BCUT2D eigenvalue weighted by molar-refractivity contribution is 0.490. The highest BCUT2D eigenvalue weighted by molar-refractivity contribution is 7.13. The van der Waals surface area contributed by atoms with Crippen molar-refractivity contribution >= 4 is 16.5 Å². The van der Waals surface area contributed by atoms with E-state index in [0.717, 1.165) is 18.7 Å². The zero-order chi connectivity index (χ0) is 11.8. The van der Waals surface area contributed by atoms with Gasteiger partial charge in [-0.1, -0.05) is 26.2 Å². The van der Waals surface area contributed by atoms with Gasteiger partial charge in [-0.05, 0) is 13.3 Å². The summed E-state index contributed by atoms with van der Waals surface area (Å²) in [6, 6.07) is 0.613. The van der Waals surface area contributed by atoms with Gasteiger partial charge in [0.05, 0.1) is 5.69 Å². The third kappa shape index (κ3) is 5.47. The highest BCUT2D eigenvalue weighted by Crippen LogP contribution is 2.11. The maximum atomic E-state index is 5.58. The molecule has 1 atom stereocenters. The van der Waals surface area contributed by atoms with Crippen molar-refractivity contribution in [3.63, 3.8) is 0 Å². The second-order valence-corrected chi connectivity index (χ2v) is 5.17. The van der Waals surface area contributed by atoms with E-state index in [9.17, 15) is 0 Å². The molecular formula is C12H23N3S. The van der Waals surface area contributed by atoms with Gasteiger partial charge < -0.3 is 11.1 Å². The number of nitrogens with zero attached hydrogens (tertiary/aromatic N) is 1. The maximum absolute atomic E-state index is 5.58. The minimum atomic E-state index is 0.613. The molecule has 1 unspecified atom stereocenters. The van der Waals surface area contributed by atoms with Crippen LogP contribution in [0.4, 0.5) is 5.13 Å². The van der Waals surface area contributed by atoms with Crippen LogP contribution in [0.25, 0.3) is 0 Å². The number of rotatable bonds is 8. The van der Waals surface area contributed by atoms with Crippen LogP contribution >= 0.6 is 11.3 Å². The van der Waals surface area contributed by atoms with E-state index >= 15 is 0 Å². The summed E-state index contributed by atoms with van der Waals surface area (Å²) in [5, 5.41) is 6.24. The fourth-order valence-electron chi connectivity index (χ4n) is 1.69. The van der Waals surface area contributed by atoms with Crippen LogP contribution in [-0.4, -0.2) is 17.6 Å². The number of thiazole rings is 1. The molecule has 0 fully saturated rings. The van der Waals surface area contributed by atoms with Gasteiger partial charge in [0, 0.05) is 24.4 Å². The van der Waals surface area contributed by atoms with E-state index in [1.807, 2.05) is 5.38 Å². The standard InChI is InChI=1S/C12H23N3S/c1-3-4-5-6-10(2)14-8-7-11-9-16-12(13)15-11/h9-10,14H,3-8H2,1-2H3,(H2,13,15). The van der Waals surface area contributed by atoms with Gasteiger partial charge in [0.1, 0.15) is 0 Å². The van der Waals surface area contributed by atoms with Crippen LogP contribution in [0, 0.1) is 0 Å². The van der Waals surface area contributed by atoms with Gasteiger partial charge in [0.25, 0.3) is 0 Å². The lowest BCUT2D eigenvalue weighted by atomic mass is 10.1. The van der Waals surface area contributed by atoms with Gasteiger partial charge in [-0.15, -0.1) is 11.3 Å². The first-order valence-corrected chi connectivity index (χ1v) is 7.03. The van der Waals surface area contributed by atoms with Gasteiger partial charge in [0.15, 0.2) is 5.13 Å². The molecule has 1 rings (SSSR count). The van der Waals surface area contributed by atoms with Gasteiger partial charge >= 0.3 is 0 Å². The summed E-state index contributed by atoms with van der Waals surface area (Å²) in [5.41, 5.74) is 6.69. The van der Waals surface area contributed by atoms with E-state index in [-0.39, 0.29) is 0 Å². The predicted octanol–water partition coefficient (Wildman–Crippen LogP) is 2.83. The number of nitrogens with one attached hydrogen (secondary N) is 1. The number of anilines is 1. The highest BCUT2D eigenvalue weighted by Gasteiger charge is 2.02. The largest absolute Gasteiger partial charge is 0.375 e. The molecular weight excluding hydrogens is 218 g/mol. The SMILES string of the molecule is CCCCCC(C)NCCc1csc(N)n1. The van der Waals surface area contributed by atoms with E-state index in [0.29, 0.717) is 11.2 Å². The van der Waals surface area contributed by atoms with Gasteiger partial charge in [0.2, 0.25) is 0 Å². The quantitative estimate of drug-likeness (QED) is 0.688. The monoisotopic (exact) mass is 241 g/mol. The van der Waals surface area contributed by atoms with Crippen molar-refractivity contribution in [2.45, 2.75) is 52.0 Å². The van der Waals surface area contributed by atoms with Crippen LogP contribution in [0.3, 0.4) is 0 Å². The third-order valence-electron chi connectivity index (χ3n) is 2.68. The van der Waals surface area contributed by atoms with Gasteiger partial charge in [-0.3, -0.25) is 0 Å². The molecule has 3 nitrogen and oxygen atoms in total. The minimum Gasteiger partial charge on any atom is -0.375 e. The average Bonchev–Trinajstić information content (AvgIpc) is 2.65. The van der Waals surface area contributed by atoms with Crippen LogP contribution in [0.2, 0.25) is 0 Å². The Bertz CT molecular complexity index is 286. The molecule has 0 aromatic carbocycles. The molecule has 1 aromatic heterocycles. The van der Waals surface area contributed by atoms with Crippen LogP contribution in [0.1, 0.15) is 45.2 Å². The third-order valence-corrected chi connectivity index (χ3v) is 3.41. The smallest absolute Gasteiger partial charge is 0.180 e. The summed E-state index contributed by atoms with van der Waals surface area (Å²) in [4.78, 5) is 4.24. The molecule has 0 saturated heterocycles. The average molecular weight is 241 g/mol. The summed E-state index contributed by atoms with van der Waals surface area (Å²) >= 11 is 1.52. The Kier molecular flexibility index (Phi) is 6.42. The number of nitrogen functional groups attached to an aromatic ring is 1. The number of hydrogen-bond donors (Lipinski definition) is 2. The Labute approximate surface area is 102 Å². The summed E-state index contributed by atoms with van der Waals surface area (Å²) in [6.07, 6.45) is 6.21. The van der Waals surface area contributed by atoms with Crippen molar-refractivity contribution < 1.29 is 0 Å². The molecule has 0 aliphatic heterocycles. The van der Waals surface area contributed by atoms with E-state index in [4.69, 9.17) is 5.73 Å². The van der Waals surface area contributed by atoms with E-state index in [1.54, 1.807) is 0 Å². The molecule has 0 radical (unpaired) electrons. The van der Waals surface area contributed by atoms with Crippen LogP contribution < -0.4 is 11.1 Å². The topological polar surface area (TPSA) is 50.9 Å². The number of nitrogens with two attached hydrogens (primary N) is 1. The normalized spacial score (nSPS) is 12.9. The molecule has 0 aliphatic carbocycles. The lowest BCUT2D eigenvalue weighted by Gasteiger charge is -2.12.